The molecule has 6 nitrogen and oxygen atoms in total. The highest BCUT2D eigenvalue weighted by molar-refractivity contribution is 5.65. The van der Waals surface area contributed by atoms with Gasteiger partial charge in [-0.3, -0.25) is 0 Å². The summed E-state index contributed by atoms with van der Waals surface area (Å²) in [6.45, 7) is 12.0. The maximum absolute atomic E-state index is 11.1. The van der Waals surface area contributed by atoms with Crippen molar-refractivity contribution in [3.05, 3.63) is 70.3 Å². The minimum Gasteiger partial charge on any atom is -0.508 e. The molecular formula is C29H36O6. The van der Waals surface area contributed by atoms with E-state index in [1.165, 1.54) is 12.1 Å². The Hall–Kier alpha value is -3.54. The van der Waals surface area contributed by atoms with Crippen LogP contribution >= 0.6 is 0 Å². The molecule has 3 rings (SSSR count). The number of rotatable bonds is 5. The predicted octanol–water partition coefficient (Wildman–Crippen LogP) is 6.30. The van der Waals surface area contributed by atoms with E-state index in [-0.39, 0.29) is 23.0 Å². The predicted molar refractivity (Wildman–Crippen MR) is 137 cm³/mol. The van der Waals surface area contributed by atoms with Gasteiger partial charge in [0.1, 0.15) is 23.0 Å². The lowest BCUT2D eigenvalue weighted by atomic mass is 9.71. The molecule has 0 heterocycles. The Balaban J connectivity index is 2.63. The molecule has 0 radical (unpaired) electrons. The molecule has 0 fully saturated rings. The van der Waals surface area contributed by atoms with Crippen molar-refractivity contribution < 1.29 is 29.9 Å². The molecule has 0 saturated heterocycles. The molecule has 3 aromatic rings. The highest BCUT2D eigenvalue weighted by atomic mass is 16.5. The standard InChI is InChI=1S/C29H36O6/c1-28(2,3)26-18(31)11-13-21(34-7)24(26)23(16-9-10-17(30)20(33)15-16)25-22(35-8)14-12-19(32)27(25)29(4,5)6/h9-15,23,30-33H,1-8H3. The number of aromatic hydroxyl groups is 4. The van der Waals surface area contributed by atoms with Gasteiger partial charge in [-0.25, -0.2) is 0 Å². The van der Waals surface area contributed by atoms with Gasteiger partial charge in [-0.1, -0.05) is 47.6 Å². The van der Waals surface area contributed by atoms with E-state index >= 15 is 0 Å². The van der Waals surface area contributed by atoms with Gasteiger partial charge in [0.2, 0.25) is 0 Å². The van der Waals surface area contributed by atoms with Crippen LogP contribution in [0.2, 0.25) is 0 Å². The third-order valence-corrected chi connectivity index (χ3v) is 6.22. The third-order valence-electron chi connectivity index (χ3n) is 6.22. The van der Waals surface area contributed by atoms with Crippen LogP contribution in [0.5, 0.6) is 34.5 Å². The minimum absolute atomic E-state index is 0.109. The van der Waals surface area contributed by atoms with Crippen LogP contribution in [0.15, 0.2) is 42.5 Å². The van der Waals surface area contributed by atoms with Crippen molar-refractivity contribution in [2.45, 2.75) is 58.3 Å². The molecule has 0 aromatic heterocycles. The maximum Gasteiger partial charge on any atom is 0.157 e. The van der Waals surface area contributed by atoms with E-state index in [4.69, 9.17) is 9.47 Å². The lowest BCUT2D eigenvalue weighted by molar-refractivity contribution is 0.387. The molecule has 6 heteroatoms. The van der Waals surface area contributed by atoms with Crippen LogP contribution in [0.25, 0.3) is 0 Å². The number of methoxy groups -OCH3 is 2. The van der Waals surface area contributed by atoms with Crippen LogP contribution in [-0.4, -0.2) is 34.6 Å². The van der Waals surface area contributed by atoms with Gasteiger partial charge >= 0.3 is 0 Å². The summed E-state index contributed by atoms with van der Waals surface area (Å²) in [6, 6.07) is 11.3. The highest BCUT2D eigenvalue weighted by Gasteiger charge is 2.37. The first-order chi connectivity index (χ1) is 16.2. The Morgan fingerprint density at radius 1 is 0.571 bits per heavy atom. The molecule has 35 heavy (non-hydrogen) atoms. The summed E-state index contributed by atoms with van der Waals surface area (Å²) in [6.07, 6.45) is 0. The monoisotopic (exact) mass is 480 g/mol. The fourth-order valence-electron chi connectivity index (χ4n) is 4.88. The van der Waals surface area contributed by atoms with Crippen LogP contribution in [0.1, 0.15) is 75.3 Å². The second-order valence-corrected chi connectivity index (χ2v) is 10.8. The summed E-state index contributed by atoms with van der Waals surface area (Å²) in [7, 11) is 3.14. The van der Waals surface area contributed by atoms with Crippen molar-refractivity contribution in [2.75, 3.05) is 14.2 Å². The molecular weight excluding hydrogens is 444 g/mol. The highest BCUT2D eigenvalue weighted by Crippen LogP contribution is 2.52. The van der Waals surface area contributed by atoms with Crippen molar-refractivity contribution in [3.63, 3.8) is 0 Å². The summed E-state index contributed by atoms with van der Waals surface area (Å²) >= 11 is 0. The van der Waals surface area contributed by atoms with Crippen molar-refractivity contribution in [1.29, 1.82) is 0 Å². The molecule has 0 aliphatic rings. The maximum atomic E-state index is 11.1. The van der Waals surface area contributed by atoms with Crippen LogP contribution in [0.3, 0.4) is 0 Å². The SMILES string of the molecule is COc1ccc(O)c(C(C)(C)C)c1C(c1ccc(O)c(O)c1)c1c(OC)ccc(O)c1C(C)(C)C. The summed E-state index contributed by atoms with van der Waals surface area (Å²) < 4.78 is 11.6. The largest absolute Gasteiger partial charge is 0.508 e. The topological polar surface area (TPSA) is 99.4 Å². The molecule has 0 aliphatic heterocycles. The number of hydrogen-bond donors (Lipinski definition) is 4. The van der Waals surface area contributed by atoms with Crippen LogP contribution < -0.4 is 9.47 Å². The van der Waals surface area contributed by atoms with Gasteiger partial charge in [-0.15, -0.1) is 0 Å². The van der Waals surface area contributed by atoms with Crippen LogP contribution in [0, 0.1) is 0 Å². The van der Waals surface area contributed by atoms with Crippen molar-refractivity contribution in [1.82, 2.24) is 0 Å². The first-order valence-corrected chi connectivity index (χ1v) is 11.5. The minimum atomic E-state index is -0.631. The first-order valence-electron chi connectivity index (χ1n) is 11.5. The zero-order valence-corrected chi connectivity index (χ0v) is 21.7. The Bertz CT molecular complexity index is 1160. The Kier molecular flexibility index (Phi) is 6.89. The Morgan fingerprint density at radius 3 is 1.31 bits per heavy atom. The second kappa shape index (κ2) is 9.25. The van der Waals surface area contributed by atoms with E-state index in [2.05, 4.69) is 0 Å². The van der Waals surface area contributed by atoms with E-state index in [0.29, 0.717) is 39.3 Å². The lowest BCUT2D eigenvalue weighted by Crippen LogP contribution is -2.22. The second-order valence-electron chi connectivity index (χ2n) is 10.8. The number of hydrogen-bond acceptors (Lipinski definition) is 6. The van der Waals surface area contributed by atoms with Gasteiger partial charge in [0.05, 0.1) is 14.2 Å². The number of benzene rings is 3. The third kappa shape index (κ3) is 4.83. The van der Waals surface area contributed by atoms with Crippen molar-refractivity contribution >= 4 is 0 Å². The summed E-state index contributed by atoms with van der Waals surface area (Å²) in [5.41, 5.74) is 2.34. The van der Waals surface area contributed by atoms with E-state index in [1.54, 1.807) is 44.6 Å². The van der Waals surface area contributed by atoms with Crippen LogP contribution in [-0.2, 0) is 10.8 Å². The molecule has 4 N–H and O–H groups in total. The molecule has 188 valence electrons. The molecule has 0 bridgehead atoms. The van der Waals surface area contributed by atoms with Gasteiger partial charge in [-0.2, -0.15) is 0 Å². The molecule has 0 atom stereocenters. The van der Waals surface area contributed by atoms with E-state index in [9.17, 15) is 20.4 Å². The van der Waals surface area contributed by atoms with E-state index < -0.39 is 16.7 Å². The normalized spacial score (nSPS) is 12.1. The van der Waals surface area contributed by atoms with Gasteiger partial charge in [0.15, 0.2) is 11.5 Å². The molecule has 0 unspecified atom stereocenters. The zero-order valence-electron chi connectivity index (χ0n) is 21.7. The van der Waals surface area contributed by atoms with Gasteiger partial charge in [0, 0.05) is 28.2 Å². The molecule has 0 amide bonds. The van der Waals surface area contributed by atoms with Gasteiger partial charge < -0.3 is 29.9 Å². The average Bonchev–Trinajstić information content (AvgIpc) is 2.75. The van der Waals surface area contributed by atoms with E-state index in [0.717, 1.165) is 0 Å². The fraction of sp³-hybridized carbons (Fsp3) is 0.379. The first kappa shape index (κ1) is 26.1. The van der Waals surface area contributed by atoms with E-state index in [1.807, 2.05) is 41.5 Å². The molecule has 0 spiro atoms. The number of ether oxygens (including phenoxy) is 2. The van der Waals surface area contributed by atoms with Crippen molar-refractivity contribution in [3.8, 4) is 34.5 Å². The molecule has 0 aliphatic carbocycles. The van der Waals surface area contributed by atoms with Gasteiger partial charge in [-0.05, 0) is 52.8 Å². The summed E-state index contributed by atoms with van der Waals surface area (Å²) in [4.78, 5) is 0. The Morgan fingerprint density at radius 2 is 0.971 bits per heavy atom. The van der Waals surface area contributed by atoms with Crippen molar-refractivity contribution in [2.24, 2.45) is 0 Å². The quantitative estimate of drug-likeness (QED) is 0.253. The van der Waals surface area contributed by atoms with Crippen LogP contribution in [0.4, 0.5) is 0 Å². The number of phenols is 4. The Labute approximate surface area is 207 Å². The fourth-order valence-corrected chi connectivity index (χ4v) is 4.88. The zero-order chi connectivity index (χ0) is 26.3. The molecule has 0 saturated carbocycles. The molecule has 3 aromatic carbocycles. The smallest absolute Gasteiger partial charge is 0.157 e. The summed E-state index contributed by atoms with van der Waals surface area (Å²) in [5.74, 6) is 0.140. The lowest BCUT2D eigenvalue weighted by Gasteiger charge is -2.34. The van der Waals surface area contributed by atoms with Gasteiger partial charge in [0.25, 0.3) is 0 Å². The number of phenolic OH excluding ortho intramolecular Hbond substituents is 4. The average molecular weight is 481 g/mol. The summed E-state index contributed by atoms with van der Waals surface area (Å²) in [5, 5.41) is 42.6.